The molecule has 0 spiro atoms. The zero-order valence-corrected chi connectivity index (χ0v) is 11.4. The van der Waals surface area contributed by atoms with Gasteiger partial charge < -0.3 is 14.9 Å². The summed E-state index contributed by atoms with van der Waals surface area (Å²) < 4.78 is 0. The number of amides is 2. The maximum atomic E-state index is 11.9. The molecule has 1 aliphatic rings. The van der Waals surface area contributed by atoms with Crippen LogP contribution in [0.2, 0.25) is 0 Å². The third kappa shape index (κ3) is 5.04. The molecular formula is C13H24N2O3. The molecular weight excluding hydrogens is 232 g/mol. The predicted molar refractivity (Wildman–Crippen MR) is 69.0 cm³/mol. The third-order valence-electron chi connectivity index (χ3n) is 3.31. The van der Waals surface area contributed by atoms with E-state index in [-0.39, 0.29) is 18.4 Å². The van der Waals surface area contributed by atoms with Gasteiger partial charge in [0.2, 0.25) is 11.8 Å². The van der Waals surface area contributed by atoms with Gasteiger partial charge in [-0.3, -0.25) is 9.59 Å². The van der Waals surface area contributed by atoms with Crippen LogP contribution in [0.5, 0.6) is 0 Å². The van der Waals surface area contributed by atoms with Crippen LogP contribution in [0.1, 0.15) is 39.0 Å². The number of likely N-dealkylation sites (N-methyl/N-ethyl adjacent to an activating group) is 1. The number of carbonyl (C=O) groups excluding carboxylic acids is 2. The highest BCUT2D eigenvalue weighted by molar-refractivity contribution is 5.84. The van der Waals surface area contributed by atoms with E-state index < -0.39 is 6.10 Å². The highest BCUT2D eigenvalue weighted by Crippen LogP contribution is 2.11. The monoisotopic (exact) mass is 256 g/mol. The van der Waals surface area contributed by atoms with E-state index in [1.807, 2.05) is 0 Å². The predicted octanol–water partition coefficient (Wildman–Crippen LogP) is 0.618. The second-order valence-electron chi connectivity index (χ2n) is 5.08. The van der Waals surface area contributed by atoms with Crippen LogP contribution in [0.25, 0.3) is 0 Å². The molecule has 5 nitrogen and oxygen atoms in total. The van der Waals surface area contributed by atoms with Crippen LogP contribution >= 0.6 is 0 Å². The first-order valence-corrected chi connectivity index (χ1v) is 6.70. The molecule has 0 aliphatic carbocycles. The largest absolute Gasteiger partial charge is 0.393 e. The first-order valence-electron chi connectivity index (χ1n) is 6.70. The molecule has 1 rings (SSSR count). The Labute approximate surface area is 109 Å². The van der Waals surface area contributed by atoms with Gasteiger partial charge in [-0.05, 0) is 26.2 Å². The Morgan fingerprint density at radius 1 is 1.44 bits per heavy atom. The fourth-order valence-electron chi connectivity index (χ4n) is 1.99. The molecule has 2 amide bonds. The molecule has 1 fully saturated rings. The maximum Gasteiger partial charge on any atom is 0.241 e. The van der Waals surface area contributed by atoms with Crippen molar-refractivity contribution in [3.63, 3.8) is 0 Å². The molecule has 0 saturated carbocycles. The van der Waals surface area contributed by atoms with Crippen molar-refractivity contribution in [3.05, 3.63) is 0 Å². The summed E-state index contributed by atoms with van der Waals surface area (Å²) >= 11 is 0. The highest BCUT2D eigenvalue weighted by Gasteiger charge is 2.20. The fraction of sp³-hybridized carbons (Fsp3) is 0.846. The smallest absolute Gasteiger partial charge is 0.241 e. The second kappa shape index (κ2) is 7.36. The van der Waals surface area contributed by atoms with Gasteiger partial charge in [0.05, 0.1) is 12.6 Å². The summed E-state index contributed by atoms with van der Waals surface area (Å²) in [6, 6.07) is 0. The van der Waals surface area contributed by atoms with Gasteiger partial charge in [-0.2, -0.15) is 0 Å². The Bertz CT molecular complexity index is 292. The normalized spacial score (nSPS) is 18.4. The lowest BCUT2D eigenvalue weighted by Crippen LogP contribution is -2.41. The minimum atomic E-state index is -0.403. The average Bonchev–Trinajstić information content (AvgIpc) is 2.51. The molecule has 1 N–H and O–H groups in total. The average molecular weight is 256 g/mol. The molecule has 0 radical (unpaired) electrons. The van der Waals surface area contributed by atoms with E-state index in [4.69, 9.17) is 0 Å². The SMILES string of the molecule is CC(O)CCN(C)C(=O)CN1CCCCCC1=O. The summed E-state index contributed by atoms with van der Waals surface area (Å²) in [7, 11) is 1.72. The number of hydrogen-bond acceptors (Lipinski definition) is 3. The lowest BCUT2D eigenvalue weighted by molar-refractivity contribution is -0.139. The van der Waals surface area contributed by atoms with Crippen LogP contribution in [0, 0.1) is 0 Å². The van der Waals surface area contributed by atoms with Crippen molar-refractivity contribution in [2.24, 2.45) is 0 Å². The van der Waals surface area contributed by atoms with Crippen molar-refractivity contribution in [3.8, 4) is 0 Å². The standard InChI is InChI=1S/C13H24N2O3/c1-11(16)7-9-14(2)13(18)10-15-8-5-3-4-6-12(15)17/h11,16H,3-10H2,1-2H3. The Balaban J connectivity index is 2.39. The fourth-order valence-corrected chi connectivity index (χ4v) is 1.99. The van der Waals surface area contributed by atoms with E-state index in [0.29, 0.717) is 25.9 Å². The van der Waals surface area contributed by atoms with Gasteiger partial charge in [-0.1, -0.05) is 6.42 Å². The van der Waals surface area contributed by atoms with Crippen molar-refractivity contribution < 1.29 is 14.7 Å². The van der Waals surface area contributed by atoms with Crippen molar-refractivity contribution in [2.45, 2.75) is 45.1 Å². The Morgan fingerprint density at radius 2 is 2.17 bits per heavy atom. The Morgan fingerprint density at radius 3 is 2.83 bits per heavy atom. The second-order valence-corrected chi connectivity index (χ2v) is 5.08. The maximum absolute atomic E-state index is 11.9. The van der Waals surface area contributed by atoms with Gasteiger partial charge >= 0.3 is 0 Å². The number of hydrogen-bond donors (Lipinski definition) is 1. The van der Waals surface area contributed by atoms with Gasteiger partial charge in [-0.25, -0.2) is 0 Å². The summed E-state index contributed by atoms with van der Waals surface area (Å²) in [5.74, 6) is 0.0377. The lowest BCUT2D eigenvalue weighted by atomic mass is 10.2. The lowest BCUT2D eigenvalue weighted by Gasteiger charge is -2.24. The van der Waals surface area contributed by atoms with Crippen LogP contribution in [-0.4, -0.2) is 59.5 Å². The van der Waals surface area contributed by atoms with Gasteiger partial charge in [-0.15, -0.1) is 0 Å². The minimum Gasteiger partial charge on any atom is -0.393 e. The molecule has 5 heteroatoms. The van der Waals surface area contributed by atoms with Crippen molar-refractivity contribution in [1.29, 1.82) is 0 Å². The molecule has 1 heterocycles. The minimum absolute atomic E-state index is 0.0501. The van der Waals surface area contributed by atoms with Crippen molar-refractivity contribution in [1.82, 2.24) is 9.80 Å². The van der Waals surface area contributed by atoms with Gasteiger partial charge in [0.25, 0.3) is 0 Å². The summed E-state index contributed by atoms with van der Waals surface area (Å²) in [6.45, 7) is 3.10. The molecule has 18 heavy (non-hydrogen) atoms. The molecule has 0 aromatic rings. The topological polar surface area (TPSA) is 60.9 Å². The summed E-state index contributed by atoms with van der Waals surface area (Å²) in [4.78, 5) is 26.9. The molecule has 104 valence electrons. The molecule has 1 unspecified atom stereocenters. The number of nitrogens with zero attached hydrogens (tertiary/aromatic N) is 2. The van der Waals surface area contributed by atoms with E-state index in [2.05, 4.69) is 0 Å². The number of carbonyl (C=O) groups is 2. The number of aliphatic hydroxyl groups excluding tert-OH is 1. The van der Waals surface area contributed by atoms with Crippen molar-refractivity contribution in [2.75, 3.05) is 26.7 Å². The van der Waals surface area contributed by atoms with E-state index in [0.717, 1.165) is 19.3 Å². The number of aliphatic hydroxyl groups is 1. The molecule has 0 aromatic carbocycles. The van der Waals surface area contributed by atoms with Crippen LogP contribution in [0.15, 0.2) is 0 Å². The summed E-state index contributed by atoms with van der Waals surface area (Å²) in [5, 5.41) is 9.18. The molecule has 0 bridgehead atoms. The van der Waals surface area contributed by atoms with E-state index >= 15 is 0 Å². The Kier molecular flexibility index (Phi) is 6.12. The molecule has 0 aromatic heterocycles. The summed E-state index contributed by atoms with van der Waals surface area (Å²) in [5.41, 5.74) is 0. The summed E-state index contributed by atoms with van der Waals surface area (Å²) in [6.07, 6.45) is 3.70. The number of likely N-dealkylation sites (tertiary alicyclic amines) is 1. The number of rotatable bonds is 5. The Hall–Kier alpha value is -1.10. The highest BCUT2D eigenvalue weighted by atomic mass is 16.3. The molecule has 1 atom stereocenters. The zero-order valence-electron chi connectivity index (χ0n) is 11.4. The first kappa shape index (κ1) is 15.0. The van der Waals surface area contributed by atoms with Gasteiger partial charge in [0.15, 0.2) is 0 Å². The quantitative estimate of drug-likeness (QED) is 0.784. The van der Waals surface area contributed by atoms with Crippen LogP contribution in [-0.2, 0) is 9.59 Å². The van der Waals surface area contributed by atoms with E-state index in [1.165, 1.54) is 0 Å². The van der Waals surface area contributed by atoms with E-state index in [9.17, 15) is 14.7 Å². The van der Waals surface area contributed by atoms with Crippen LogP contribution in [0.4, 0.5) is 0 Å². The third-order valence-corrected chi connectivity index (χ3v) is 3.31. The molecule has 1 aliphatic heterocycles. The van der Waals surface area contributed by atoms with Crippen LogP contribution < -0.4 is 0 Å². The van der Waals surface area contributed by atoms with E-state index in [1.54, 1.807) is 23.8 Å². The van der Waals surface area contributed by atoms with Crippen molar-refractivity contribution >= 4 is 11.8 Å². The zero-order chi connectivity index (χ0) is 13.5. The van der Waals surface area contributed by atoms with Crippen LogP contribution in [0.3, 0.4) is 0 Å². The van der Waals surface area contributed by atoms with Gasteiger partial charge in [0, 0.05) is 26.6 Å². The molecule has 1 saturated heterocycles. The first-order chi connectivity index (χ1) is 8.50. The van der Waals surface area contributed by atoms with Gasteiger partial charge in [0.1, 0.15) is 0 Å².